The fourth-order valence-corrected chi connectivity index (χ4v) is 3.33. The van der Waals surface area contributed by atoms with Crippen LogP contribution in [-0.2, 0) is 6.42 Å². The zero-order valence-corrected chi connectivity index (χ0v) is 16.6. The number of methoxy groups -OCH3 is 2. The highest BCUT2D eigenvalue weighted by molar-refractivity contribution is 6.03. The van der Waals surface area contributed by atoms with Gasteiger partial charge in [-0.05, 0) is 19.4 Å². The van der Waals surface area contributed by atoms with Crippen molar-refractivity contribution in [2.24, 2.45) is 0 Å². The van der Waals surface area contributed by atoms with Crippen LogP contribution in [0.3, 0.4) is 0 Å². The number of rotatable bonds is 6. The molecular formula is C22H26O6. The highest BCUT2D eigenvalue weighted by Gasteiger charge is 2.36. The number of ketones is 1. The summed E-state index contributed by atoms with van der Waals surface area (Å²) in [6.07, 6.45) is -1.27. The second-order valence-corrected chi connectivity index (χ2v) is 7.48. The summed E-state index contributed by atoms with van der Waals surface area (Å²) in [5.41, 5.74) is 0.433. The summed E-state index contributed by atoms with van der Waals surface area (Å²) in [7, 11) is 2.98. The maximum Gasteiger partial charge on any atom is 0.174 e. The summed E-state index contributed by atoms with van der Waals surface area (Å²) in [5, 5.41) is 20.6. The smallest absolute Gasteiger partial charge is 0.174 e. The van der Waals surface area contributed by atoms with Crippen LogP contribution in [0.15, 0.2) is 36.4 Å². The Morgan fingerprint density at radius 3 is 2.39 bits per heavy atom. The fourth-order valence-electron chi connectivity index (χ4n) is 3.33. The average molecular weight is 386 g/mol. The maximum atomic E-state index is 13.0. The number of Topliss-reactive ketones (excluding diaryl/α,β-unsaturated/α-hetero) is 1. The van der Waals surface area contributed by atoms with Gasteiger partial charge in [-0.3, -0.25) is 4.79 Å². The highest BCUT2D eigenvalue weighted by atomic mass is 16.5. The van der Waals surface area contributed by atoms with E-state index in [1.807, 2.05) is 30.3 Å². The molecule has 0 fully saturated rings. The van der Waals surface area contributed by atoms with Crippen LogP contribution in [0.2, 0.25) is 0 Å². The van der Waals surface area contributed by atoms with E-state index in [4.69, 9.17) is 14.2 Å². The van der Waals surface area contributed by atoms with E-state index in [1.165, 1.54) is 28.1 Å². The fraction of sp³-hybridized carbons (Fsp3) is 0.409. The van der Waals surface area contributed by atoms with Gasteiger partial charge in [0, 0.05) is 18.1 Å². The number of fused-ring (bicyclic) bond motifs is 1. The topological polar surface area (TPSA) is 85.2 Å². The zero-order valence-electron chi connectivity index (χ0n) is 16.6. The molecule has 2 aromatic rings. The van der Waals surface area contributed by atoms with Crippen molar-refractivity contribution in [2.45, 2.75) is 44.5 Å². The first-order valence-corrected chi connectivity index (χ1v) is 9.19. The van der Waals surface area contributed by atoms with Gasteiger partial charge < -0.3 is 24.4 Å². The van der Waals surface area contributed by atoms with Crippen molar-refractivity contribution in [2.75, 3.05) is 14.2 Å². The lowest BCUT2D eigenvalue weighted by molar-refractivity contribution is -0.0474. The van der Waals surface area contributed by atoms with Crippen LogP contribution in [0.4, 0.5) is 0 Å². The third kappa shape index (κ3) is 3.84. The molecule has 0 bridgehead atoms. The lowest BCUT2D eigenvalue weighted by atomic mass is 9.89. The predicted molar refractivity (Wildman–Crippen MR) is 104 cm³/mol. The van der Waals surface area contributed by atoms with Gasteiger partial charge in [-0.25, -0.2) is 0 Å². The number of ether oxygens (including phenoxy) is 3. The molecule has 0 radical (unpaired) electrons. The molecule has 0 spiro atoms. The molecule has 0 aromatic heterocycles. The van der Waals surface area contributed by atoms with E-state index in [9.17, 15) is 15.0 Å². The van der Waals surface area contributed by atoms with Crippen molar-refractivity contribution >= 4 is 5.78 Å². The lowest BCUT2D eigenvalue weighted by Gasteiger charge is -2.31. The average Bonchev–Trinajstić information content (AvgIpc) is 2.67. The van der Waals surface area contributed by atoms with Crippen LogP contribution in [0.5, 0.6) is 17.2 Å². The van der Waals surface area contributed by atoms with Crippen molar-refractivity contribution in [3.05, 3.63) is 53.1 Å². The van der Waals surface area contributed by atoms with E-state index in [2.05, 4.69) is 0 Å². The number of carbonyl (C=O) groups excluding carboxylic acids is 1. The van der Waals surface area contributed by atoms with E-state index in [0.717, 1.165) is 5.56 Å². The van der Waals surface area contributed by atoms with Crippen LogP contribution >= 0.6 is 0 Å². The third-order valence-electron chi connectivity index (χ3n) is 5.04. The van der Waals surface area contributed by atoms with E-state index < -0.39 is 17.8 Å². The minimum absolute atomic E-state index is 0.0633. The Hall–Kier alpha value is -2.57. The Kier molecular flexibility index (Phi) is 5.63. The Morgan fingerprint density at radius 1 is 1.18 bits per heavy atom. The SMILES string of the molecule is COc1cc(OC)c2c(c1C[C@@H](O)C(C)(C)O)O[C@H](c1ccccc1)CC2=O. The van der Waals surface area contributed by atoms with Gasteiger partial charge in [-0.2, -0.15) is 0 Å². The van der Waals surface area contributed by atoms with Crippen LogP contribution < -0.4 is 14.2 Å². The Balaban J connectivity index is 2.13. The summed E-state index contributed by atoms with van der Waals surface area (Å²) in [5.74, 6) is 1.03. The van der Waals surface area contributed by atoms with Crippen molar-refractivity contribution < 1.29 is 29.2 Å². The van der Waals surface area contributed by atoms with E-state index in [-0.39, 0.29) is 18.6 Å². The highest BCUT2D eigenvalue weighted by Crippen LogP contribution is 2.46. The minimum atomic E-state index is -1.32. The van der Waals surface area contributed by atoms with Crippen LogP contribution in [-0.4, -0.2) is 41.9 Å². The van der Waals surface area contributed by atoms with E-state index in [0.29, 0.717) is 28.4 Å². The monoisotopic (exact) mass is 386 g/mol. The molecule has 150 valence electrons. The Bertz CT molecular complexity index is 854. The Labute approximate surface area is 164 Å². The standard InChI is InChI=1S/C22H26O6/c1-22(2,25)19(24)10-14-17(26-3)12-18(27-4)20-15(23)11-16(28-21(14)20)13-8-6-5-7-9-13/h5-9,12,16,19,24-25H,10-11H2,1-4H3/t16-,19+/m0/s1. The van der Waals surface area contributed by atoms with Gasteiger partial charge in [0.2, 0.25) is 0 Å². The largest absolute Gasteiger partial charge is 0.496 e. The quantitative estimate of drug-likeness (QED) is 0.794. The molecule has 0 saturated heterocycles. The van der Waals surface area contributed by atoms with Gasteiger partial charge in [0.15, 0.2) is 5.78 Å². The number of carbonyl (C=O) groups is 1. The first-order valence-electron chi connectivity index (χ1n) is 9.19. The van der Waals surface area contributed by atoms with Gasteiger partial charge in [-0.1, -0.05) is 30.3 Å². The van der Waals surface area contributed by atoms with Crippen LogP contribution in [0, 0.1) is 0 Å². The van der Waals surface area contributed by atoms with Gasteiger partial charge >= 0.3 is 0 Å². The van der Waals surface area contributed by atoms with Crippen LogP contribution in [0.1, 0.15) is 47.9 Å². The molecule has 1 heterocycles. The number of aliphatic hydroxyl groups excluding tert-OH is 1. The molecule has 6 nitrogen and oxygen atoms in total. The summed E-state index contributed by atoms with van der Waals surface area (Å²) in [4.78, 5) is 13.0. The molecule has 0 amide bonds. The molecule has 2 atom stereocenters. The second kappa shape index (κ2) is 7.81. The van der Waals surface area contributed by atoms with Crippen molar-refractivity contribution in [1.29, 1.82) is 0 Å². The summed E-state index contributed by atoms with van der Waals surface area (Å²) >= 11 is 0. The van der Waals surface area contributed by atoms with Crippen LogP contribution in [0.25, 0.3) is 0 Å². The summed E-state index contributed by atoms with van der Waals surface area (Å²) < 4.78 is 17.1. The number of aliphatic hydroxyl groups is 2. The van der Waals surface area contributed by atoms with Gasteiger partial charge in [0.25, 0.3) is 0 Å². The first kappa shape index (κ1) is 20.2. The van der Waals surface area contributed by atoms with Gasteiger partial charge in [0.1, 0.15) is 28.9 Å². The molecule has 1 aliphatic heterocycles. The van der Waals surface area contributed by atoms with E-state index >= 15 is 0 Å². The molecule has 1 aliphatic rings. The molecule has 6 heteroatoms. The molecule has 0 saturated carbocycles. The summed E-state index contributed by atoms with van der Waals surface area (Å²) in [6.45, 7) is 3.05. The van der Waals surface area contributed by atoms with Crippen molar-refractivity contribution in [3.63, 3.8) is 0 Å². The summed E-state index contributed by atoms with van der Waals surface area (Å²) in [6, 6.07) is 11.1. The number of hydrogen-bond acceptors (Lipinski definition) is 6. The van der Waals surface area contributed by atoms with Crippen molar-refractivity contribution in [1.82, 2.24) is 0 Å². The zero-order chi connectivity index (χ0) is 20.5. The molecule has 2 N–H and O–H groups in total. The number of hydrogen-bond donors (Lipinski definition) is 2. The first-order chi connectivity index (χ1) is 13.3. The van der Waals surface area contributed by atoms with Crippen molar-refractivity contribution in [3.8, 4) is 17.2 Å². The molecule has 2 aromatic carbocycles. The third-order valence-corrected chi connectivity index (χ3v) is 5.04. The molecule has 0 unspecified atom stereocenters. The van der Waals surface area contributed by atoms with E-state index in [1.54, 1.807) is 6.07 Å². The predicted octanol–water partition coefficient (Wildman–Crippen LogP) is 3.08. The van der Waals surface area contributed by atoms with Gasteiger partial charge in [0.05, 0.1) is 32.3 Å². The second-order valence-electron chi connectivity index (χ2n) is 7.48. The van der Waals surface area contributed by atoms with Gasteiger partial charge in [-0.15, -0.1) is 0 Å². The Morgan fingerprint density at radius 2 is 1.82 bits per heavy atom. The number of benzene rings is 2. The minimum Gasteiger partial charge on any atom is -0.496 e. The normalized spacial score (nSPS) is 17.5. The lowest BCUT2D eigenvalue weighted by Crippen LogP contribution is -2.37. The molecule has 28 heavy (non-hydrogen) atoms. The molecule has 0 aliphatic carbocycles. The molecular weight excluding hydrogens is 360 g/mol. The maximum absolute atomic E-state index is 13.0. The molecule has 3 rings (SSSR count).